The first-order chi connectivity index (χ1) is 8.66. The molecule has 0 amide bonds. The zero-order valence-electron chi connectivity index (χ0n) is 9.76. The van der Waals surface area contributed by atoms with E-state index >= 15 is 0 Å². The fourth-order valence-electron chi connectivity index (χ4n) is 1.61. The number of benzene rings is 2. The zero-order valence-corrected chi connectivity index (χ0v) is 10.6. The highest BCUT2D eigenvalue weighted by atomic mass is 32.1. The molecule has 0 heterocycles. The molecule has 0 fully saturated rings. The lowest BCUT2D eigenvalue weighted by Gasteiger charge is -2.10. The average Bonchev–Trinajstić information content (AvgIpc) is 2.40. The Balaban J connectivity index is 2.06. The first-order valence-corrected chi connectivity index (χ1v) is 5.98. The van der Waals surface area contributed by atoms with Crippen LogP contribution in [0.2, 0.25) is 0 Å². The molecule has 0 atom stereocenters. The Bertz CT molecular complexity index is 555. The van der Waals surface area contributed by atoms with E-state index in [4.69, 9.17) is 18.0 Å². The molecule has 0 radical (unpaired) electrons. The van der Waals surface area contributed by atoms with Gasteiger partial charge in [0.1, 0.15) is 10.7 Å². The number of rotatable bonds is 3. The Kier molecular flexibility index (Phi) is 3.79. The molecule has 18 heavy (non-hydrogen) atoms. The Morgan fingerprint density at radius 2 is 1.89 bits per heavy atom. The normalized spacial score (nSPS) is 10.0. The van der Waals surface area contributed by atoms with Crippen molar-refractivity contribution in [2.75, 3.05) is 5.73 Å². The van der Waals surface area contributed by atoms with Gasteiger partial charge >= 0.3 is 0 Å². The van der Waals surface area contributed by atoms with Crippen molar-refractivity contribution in [3.05, 3.63) is 59.7 Å². The van der Waals surface area contributed by atoms with Crippen LogP contribution in [0.15, 0.2) is 48.5 Å². The quantitative estimate of drug-likeness (QED) is 0.449. The van der Waals surface area contributed by atoms with Gasteiger partial charge in [-0.25, -0.2) is 0 Å². The van der Waals surface area contributed by atoms with Crippen LogP contribution in [-0.2, 0) is 6.54 Å². The number of phenols is 1. The summed E-state index contributed by atoms with van der Waals surface area (Å²) in [4.78, 5) is 0.489. The van der Waals surface area contributed by atoms with Crippen LogP contribution in [0.25, 0.3) is 0 Å². The maximum absolute atomic E-state index is 9.72. The molecule has 0 aliphatic rings. The topological polar surface area (TPSA) is 58.3 Å². The van der Waals surface area contributed by atoms with E-state index in [0.717, 1.165) is 5.56 Å². The van der Waals surface area contributed by atoms with E-state index < -0.39 is 0 Å². The minimum Gasteiger partial charge on any atom is -0.507 e. The van der Waals surface area contributed by atoms with Crippen molar-refractivity contribution in [1.82, 2.24) is 5.32 Å². The summed E-state index contributed by atoms with van der Waals surface area (Å²) in [5, 5.41) is 12.8. The first-order valence-electron chi connectivity index (χ1n) is 5.57. The van der Waals surface area contributed by atoms with Gasteiger partial charge in [-0.1, -0.05) is 42.5 Å². The second kappa shape index (κ2) is 5.51. The van der Waals surface area contributed by atoms with Crippen LogP contribution >= 0.6 is 12.2 Å². The number of nitrogen functional groups attached to an aromatic ring is 1. The fraction of sp³-hybridized carbons (Fsp3) is 0.0714. The molecule has 4 N–H and O–H groups in total. The van der Waals surface area contributed by atoms with Gasteiger partial charge < -0.3 is 16.2 Å². The number of hydrogen-bond donors (Lipinski definition) is 3. The molecule has 0 aromatic heterocycles. The number of phenolic OH excluding ortho intramolecular Hbond substituents is 1. The molecule has 0 aliphatic carbocycles. The van der Waals surface area contributed by atoms with E-state index in [2.05, 4.69) is 5.32 Å². The van der Waals surface area contributed by atoms with Crippen LogP contribution in [-0.4, -0.2) is 10.1 Å². The third kappa shape index (κ3) is 2.99. The highest BCUT2D eigenvalue weighted by molar-refractivity contribution is 7.80. The van der Waals surface area contributed by atoms with Gasteiger partial charge in [-0.3, -0.25) is 0 Å². The number of aromatic hydroxyl groups is 1. The van der Waals surface area contributed by atoms with Crippen molar-refractivity contribution < 1.29 is 5.11 Å². The van der Waals surface area contributed by atoms with Gasteiger partial charge in [0.2, 0.25) is 0 Å². The molecule has 4 heteroatoms. The number of hydrogen-bond acceptors (Lipinski definition) is 3. The fourth-order valence-corrected chi connectivity index (χ4v) is 1.84. The maximum Gasteiger partial charge on any atom is 0.125 e. The molecule has 0 bridgehead atoms. The summed E-state index contributed by atoms with van der Waals surface area (Å²) in [5.41, 5.74) is 7.93. The van der Waals surface area contributed by atoms with E-state index in [1.165, 1.54) is 0 Å². The van der Waals surface area contributed by atoms with Crippen molar-refractivity contribution in [2.45, 2.75) is 6.54 Å². The minimum atomic E-state index is 0.134. The number of nitrogens with two attached hydrogens (primary N) is 1. The Morgan fingerprint density at radius 3 is 2.61 bits per heavy atom. The summed E-state index contributed by atoms with van der Waals surface area (Å²) in [6.45, 7) is 0.619. The largest absolute Gasteiger partial charge is 0.507 e. The summed E-state index contributed by atoms with van der Waals surface area (Å²) in [6, 6.07) is 14.8. The van der Waals surface area contributed by atoms with Gasteiger partial charge in [0.15, 0.2) is 0 Å². The monoisotopic (exact) mass is 258 g/mol. The SMILES string of the molecule is Nc1ccc(O)c(C(=S)NCc2ccccc2)c1. The molecule has 0 saturated carbocycles. The van der Waals surface area contributed by atoms with Gasteiger partial charge in [0.05, 0.1) is 5.56 Å². The van der Waals surface area contributed by atoms with Crippen LogP contribution in [0.1, 0.15) is 11.1 Å². The van der Waals surface area contributed by atoms with E-state index in [1.807, 2.05) is 30.3 Å². The van der Waals surface area contributed by atoms with E-state index in [9.17, 15) is 5.11 Å². The number of anilines is 1. The van der Waals surface area contributed by atoms with Crippen LogP contribution in [0.3, 0.4) is 0 Å². The minimum absolute atomic E-state index is 0.134. The number of thiocarbonyl (C=S) groups is 1. The molecular formula is C14H14N2OS. The highest BCUT2D eigenvalue weighted by Gasteiger charge is 2.07. The highest BCUT2D eigenvalue weighted by Crippen LogP contribution is 2.20. The zero-order chi connectivity index (χ0) is 13.0. The lowest BCUT2D eigenvalue weighted by atomic mass is 10.1. The Labute approximate surface area is 111 Å². The second-order valence-electron chi connectivity index (χ2n) is 3.94. The number of nitrogens with one attached hydrogen (secondary N) is 1. The second-order valence-corrected chi connectivity index (χ2v) is 4.35. The molecule has 3 nitrogen and oxygen atoms in total. The standard InChI is InChI=1S/C14H14N2OS/c15-11-6-7-13(17)12(8-11)14(18)16-9-10-4-2-1-3-5-10/h1-8,17H,9,15H2,(H,16,18). The molecule has 2 rings (SSSR count). The van der Waals surface area contributed by atoms with Crippen LogP contribution in [0.4, 0.5) is 5.69 Å². The molecule has 2 aromatic carbocycles. The van der Waals surface area contributed by atoms with Crippen molar-refractivity contribution in [2.24, 2.45) is 0 Å². The molecule has 0 spiro atoms. The summed E-state index contributed by atoms with van der Waals surface area (Å²) in [6.07, 6.45) is 0. The van der Waals surface area contributed by atoms with E-state index in [-0.39, 0.29) is 5.75 Å². The predicted octanol–water partition coefficient (Wildman–Crippen LogP) is 2.44. The molecule has 2 aromatic rings. The van der Waals surface area contributed by atoms with Gasteiger partial charge in [0, 0.05) is 12.2 Å². The van der Waals surface area contributed by atoms with E-state index in [1.54, 1.807) is 18.2 Å². The predicted molar refractivity (Wildman–Crippen MR) is 77.5 cm³/mol. The van der Waals surface area contributed by atoms with Crippen LogP contribution < -0.4 is 11.1 Å². The lowest BCUT2D eigenvalue weighted by molar-refractivity contribution is 0.474. The van der Waals surface area contributed by atoms with Crippen LogP contribution in [0.5, 0.6) is 5.75 Å². The van der Waals surface area contributed by atoms with Gasteiger partial charge in [-0.15, -0.1) is 0 Å². The lowest BCUT2D eigenvalue weighted by Crippen LogP contribution is -2.21. The van der Waals surface area contributed by atoms with E-state index in [0.29, 0.717) is 22.8 Å². The van der Waals surface area contributed by atoms with Gasteiger partial charge in [-0.05, 0) is 23.8 Å². The Hall–Kier alpha value is -2.07. The average molecular weight is 258 g/mol. The maximum atomic E-state index is 9.72. The molecule has 92 valence electrons. The van der Waals surface area contributed by atoms with Crippen molar-refractivity contribution >= 4 is 22.9 Å². The molecule has 0 aliphatic heterocycles. The summed E-state index contributed by atoms with van der Waals surface area (Å²) >= 11 is 5.24. The summed E-state index contributed by atoms with van der Waals surface area (Å²) in [7, 11) is 0. The third-order valence-electron chi connectivity index (χ3n) is 2.56. The molecule has 0 saturated heterocycles. The van der Waals surface area contributed by atoms with Crippen molar-refractivity contribution in [3.8, 4) is 5.75 Å². The first kappa shape index (κ1) is 12.4. The third-order valence-corrected chi connectivity index (χ3v) is 2.93. The summed E-state index contributed by atoms with van der Waals surface area (Å²) in [5.74, 6) is 0.134. The van der Waals surface area contributed by atoms with Crippen molar-refractivity contribution in [3.63, 3.8) is 0 Å². The molecule has 0 unspecified atom stereocenters. The Morgan fingerprint density at radius 1 is 1.17 bits per heavy atom. The van der Waals surface area contributed by atoms with Gasteiger partial charge in [-0.2, -0.15) is 0 Å². The summed E-state index contributed by atoms with van der Waals surface area (Å²) < 4.78 is 0. The molecular weight excluding hydrogens is 244 g/mol. The van der Waals surface area contributed by atoms with Crippen LogP contribution in [0, 0.1) is 0 Å². The smallest absolute Gasteiger partial charge is 0.125 e. The van der Waals surface area contributed by atoms with Crippen molar-refractivity contribution in [1.29, 1.82) is 0 Å². The van der Waals surface area contributed by atoms with Gasteiger partial charge in [0.25, 0.3) is 0 Å².